The van der Waals surface area contributed by atoms with E-state index in [1.807, 2.05) is 0 Å². The second kappa shape index (κ2) is 3.53. The molecule has 0 aromatic heterocycles. The molecule has 0 aromatic carbocycles. The molecule has 0 aliphatic heterocycles. The largest absolute Gasteiger partial charge is 0.389 e. The summed E-state index contributed by atoms with van der Waals surface area (Å²) in [6, 6.07) is 0. The van der Waals surface area contributed by atoms with Crippen LogP contribution in [0.2, 0.25) is 0 Å². The molecular formula is C6H13NO3. The Hall–Kier alpha value is -0.610. The van der Waals surface area contributed by atoms with Crippen molar-refractivity contribution in [3.8, 4) is 0 Å². The first kappa shape index (κ1) is 9.39. The standard InChI is InChI=1S/C6H13NO3/c1-4(8)6(10)7(3)5(2)9/h4,6,8,10H,1-3H3. The van der Waals surface area contributed by atoms with Gasteiger partial charge in [0.05, 0.1) is 6.10 Å². The Kier molecular flexibility index (Phi) is 3.32. The molecule has 4 nitrogen and oxygen atoms in total. The monoisotopic (exact) mass is 147 g/mol. The Morgan fingerprint density at radius 3 is 2.00 bits per heavy atom. The Bertz CT molecular complexity index is 124. The maximum Gasteiger partial charge on any atom is 0.221 e. The zero-order chi connectivity index (χ0) is 8.31. The van der Waals surface area contributed by atoms with Crippen LogP contribution in [0.25, 0.3) is 0 Å². The number of rotatable bonds is 2. The van der Waals surface area contributed by atoms with Crippen LogP contribution in [0.3, 0.4) is 0 Å². The van der Waals surface area contributed by atoms with E-state index in [4.69, 9.17) is 10.2 Å². The summed E-state index contributed by atoms with van der Waals surface area (Å²) in [5.74, 6) is -0.270. The van der Waals surface area contributed by atoms with Crippen molar-refractivity contribution in [3.63, 3.8) is 0 Å². The summed E-state index contributed by atoms with van der Waals surface area (Å²) in [7, 11) is 1.43. The van der Waals surface area contributed by atoms with Gasteiger partial charge in [-0.25, -0.2) is 0 Å². The van der Waals surface area contributed by atoms with Gasteiger partial charge in [0.2, 0.25) is 5.91 Å². The van der Waals surface area contributed by atoms with Crippen LogP contribution in [-0.4, -0.2) is 40.4 Å². The van der Waals surface area contributed by atoms with Gasteiger partial charge in [0.25, 0.3) is 0 Å². The van der Waals surface area contributed by atoms with Gasteiger partial charge in [0.15, 0.2) is 6.23 Å². The van der Waals surface area contributed by atoms with E-state index in [-0.39, 0.29) is 5.91 Å². The van der Waals surface area contributed by atoms with Crippen molar-refractivity contribution in [2.75, 3.05) is 7.05 Å². The molecule has 0 saturated heterocycles. The normalized spacial score (nSPS) is 16.1. The third kappa shape index (κ3) is 2.33. The number of carbonyl (C=O) groups excluding carboxylic acids is 1. The lowest BCUT2D eigenvalue weighted by Gasteiger charge is -2.23. The third-order valence-electron chi connectivity index (χ3n) is 1.32. The molecule has 4 heteroatoms. The van der Waals surface area contributed by atoms with Crippen molar-refractivity contribution in [2.45, 2.75) is 26.2 Å². The minimum absolute atomic E-state index is 0.270. The van der Waals surface area contributed by atoms with Gasteiger partial charge >= 0.3 is 0 Å². The summed E-state index contributed by atoms with van der Waals surface area (Å²) in [5.41, 5.74) is 0. The minimum Gasteiger partial charge on any atom is -0.389 e. The summed E-state index contributed by atoms with van der Waals surface area (Å²) >= 11 is 0. The van der Waals surface area contributed by atoms with Crippen LogP contribution < -0.4 is 0 Å². The van der Waals surface area contributed by atoms with Crippen molar-refractivity contribution in [2.24, 2.45) is 0 Å². The number of aliphatic hydroxyl groups excluding tert-OH is 2. The van der Waals surface area contributed by atoms with Crippen LogP contribution in [0.5, 0.6) is 0 Å². The fourth-order valence-corrected chi connectivity index (χ4v) is 0.510. The van der Waals surface area contributed by atoms with Crippen molar-refractivity contribution >= 4 is 5.91 Å². The smallest absolute Gasteiger partial charge is 0.221 e. The summed E-state index contributed by atoms with van der Waals surface area (Å²) in [6.07, 6.45) is -2.01. The second-order valence-electron chi connectivity index (χ2n) is 2.28. The molecule has 10 heavy (non-hydrogen) atoms. The van der Waals surface area contributed by atoms with Crippen LogP contribution in [0, 0.1) is 0 Å². The molecule has 0 aromatic rings. The predicted molar refractivity (Wildman–Crippen MR) is 36.1 cm³/mol. The van der Waals surface area contributed by atoms with E-state index in [2.05, 4.69) is 0 Å². The Morgan fingerprint density at radius 1 is 1.50 bits per heavy atom. The molecule has 0 aliphatic carbocycles. The number of nitrogens with zero attached hydrogens (tertiary/aromatic N) is 1. The highest BCUT2D eigenvalue weighted by Gasteiger charge is 2.17. The number of aliphatic hydroxyl groups is 2. The maximum absolute atomic E-state index is 10.5. The number of carbonyl (C=O) groups is 1. The van der Waals surface area contributed by atoms with E-state index in [1.54, 1.807) is 0 Å². The van der Waals surface area contributed by atoms with Crippen LogP contribution in [0.15, 0.2) is 0 Å². The van der Waals surface area contributed by atoms with Crippen molar-refractivity contribution in [3.05, 3.63) is 0 Å². The number of hydrogen-bond donors (Lipinski definition) is 2. The van der Waals surface area contributed by atoms with Gasteiger partial charge in [-0.1, -0.05) is 0 Å². The van der Waals surface area contributed by atoms with Gasteiger partial charge in [0, 0.05) is 14.0 Å². The highest BCUT2D eigenvalue weighted by molar-refractivity contribution is 5.73. The van der Waals surface area contributed by atoms with Gasteiger partial charge in [-0.3, -0.25) is 4.79 Å². The van der Waals surface area contributed by atoms with E-state index in [0.717, 1.165) is 4.90 Å². The molecule has 60 valence electrons. The highest BCUT2D eigenvalue weighted by Crippen LogP contribution is 1.97. The van der Waals surface area contributed by atoms with Crippen molar-refractivity contribution in [1.29, 1.82) is 0 Å². The molecule has 2 N–H and O–H groups in total. The topological polar surface area (TPSA) is 60.8 Å². The lowest BCUT2D eigenvalue weighted by molar-refractivity contribution is -0.143. The number of hydrogen-bond acceptors (Lipinski definition) is 3. The Labute approximate surface area is 60.1 Å². The Balaban J connectivity index is 3.94. The predicted octanol–water partition coefficient (Wildman–Crippen LogP) is -0.836. The van der Waals surface area contributed by atoms with Crippen molar-refractivity contribution < 1.29 is 15.0 Å². The molecule has 1 amide bonds. The fraction of sp³-hybridized carbons (Fsp3) is 0.833. The average Bonchev–Trinajstić information content (AvgIpc) is 1.84. The van der Waals surface area contributed by atoms with Crippen LogP contribution >= 0.6 is 0 Å². The molecular weight excluding hydrogens is 134 g/mol. The van der Waals surface area contributed by atoms with Gasteiger partial charge in [-0.15, -0.1) is 0 Å². The fourth-order valence-electron chi connectivity index (χ4n) is 0.510. The van der Waals surface area contributed by atoms with Crippen LogP contribution in [0.1, 0.15) is 13.8 Å². The first-order valence-electron chi connectivity index (χ1n) is 3.06. The van der Waals surface area contributed by atoms with E-state index < -0.39 is 12.3 Å². The summed E-state index contributed by atoms with van der Waals surface area (Å²) < 4.78 is 0. The third-order valence-corrected chi connectivity index (χ3v) is 1.32. The molecule has 0 heterocycles. The van der Waals surface area contributed by atoms with Crippen LogP contribution in [0.4, 0.5) is 0 Å². The van der Waals surface area contributed by atoms with E-state index in [0.29, 0.717) is 0 Å². The van der Waals surface area contributed by atoms with E-state index in [1.165, 1.54) is 20.9 Å². The number of likely N-dealkylation sites (N-methyl/N-ethyl adjacent to an activating group) is 1. The SMILES string of the molecule is CC(=O)N(C)C(O)C(C)O. The van der Waals surface area contributed by atoms with Crippen molar-refractivity contribution in [1.82, 2.24) is 4.90 Å². The molecule has 0 spiro atoms. The van der Waals surface area contributed by atoms with Gasteiger partial charge in [-0.2, -0.15) is 0 Å². The second-order valence-corrected chi connectivity index (χ2v) is 2.28. The van der Waals surface area contributed by atoms with Gasteiger partial charge in [-0.05, 0) is 6.92 Å². The van der Waals surface area contributed by atoms with Gasteiger partial charge < -0.3 is 15.1 Å². The van der Waals surface area contributed by atoms with Crippen LogP contribution in [-0.2, 0) is 4.79 Å². The maximum atomic E-state index is 10.5. The molecule has 0 rings (SSSR count). The number of amides is 1. The van der Waals surface area contributed by atoms with E-state index >= 15 is 0 Å². The molecule has 0 saturated carbocycles. The Morgan fingerprint density at radius 2 is 1.90 bits per heavy atom. The van der Waals surface area contributed by atoms with Gasteiger partial charge in [0.1, 0.15) is 0 Å². The molecule has 2 atom stereocenters. The average molecular weight is 147 g/mol. The zero-order valence-electron chi connectivity index (χ0n) is 6.40. The van der Waals surface area contributed by atoms with E-state index in [9.17, 15) is 4.79 Å². The zero-order valence-corrected chi connectivity index (χ0v) is 6.40. The molecule has 2 unspecified atom stereocenters. The first-order valence-corrected chi connectivity index (χ1v) is 3.06. The first-order chi connectivity index (χ1) is 4.46. The molecule has 0 radical (unpaired) electrons. The summed E-state index contributed by atoms with van der Waals surface area (Å²) in [6.45, 7) is 2.75. The lowest BCUT2D eigenvalue weighted by atomic mass is 10.3. The summed E-state index contributed by atoms with van der Waals surface area (Å²) in [4.78, 5) is 11.6. The minimum atomic E-state index is -1.10. The molecule has 0 fully saturated rings. The highest BCUT2D eigenvalue weighted by atomic mass is 16.3. The lowest BCUT2D eigenvalue weighted by Crippen LogP contribution is -2.42. The molecule has 0 bridgehead atoms. The quantitative estimate of drug-likeness (QED) is 0.501. The summed E-state index contributed by atoms with van der Waals surface area (Å²) in [5, 5.41) is 17.8. The molecule has 0 aliphatic rings.